The molecule has 2 aromatic carbocycles. The van der Waals surface area contributed by atoms with Gasteiger partial charge in [-0.1, -0.05) is 24.3 Å². The zero-order chi connectivity index (χ0) is 11.3. The van der Waals surface area contributed by atoms with Gasteiger partial charge in [0.25, 0.3) is 0 Å². The normalized spacial score (nSPS) is 12.4. The van der Waals surface area contributed by atoms with Crippen LogP contribution in [0.2, 0.25) is 0 Å². The summed E-state index contributed by atoms with van der Waals surface area (Å²) in [5.41, 5.74) is 3.09. The first-order valence-corrected chi connectivity index (χ1v) is 5.64. The highest BCUT2D eigenvalue weighted by molar-refractivity contribution is 9.10. The summed E-state index contributed by atoms with van der Waals surface area (Å²) in [6.45, 7) is 0. The molecule has 0 unspecified atom stereocenters. The van der Waals surface area contributed by atoms with Crippen LogP contribution in [0.3, 0.4) is 0 Å². The summed E-state index contributed by atoms with van der Waals surface area (Å²) in [6, 6.07) is 10.8. The first kappa shape index (κ1) is 9.60. The summed E-state index contributed by atoms with van der Waals surface area (Å²) < 4.78 is 0.607. The first-order valence-electron chi connectivity index (χ1n) is 4.85. The Balaban J connectivity index is 2.38. The van der Waals surface area contributed by atoms with Crippen molar-refractivity contribution in [2.24, 2.45) is 0 Å². The molecule has 0 amide bonds. The Morgan fingerprint density at radius 2 is 1.62 bits per heavy atom. The smallest absolute Gasteiger partial charge is 0.194 e. The van der Waals surface area contributed by atoms with Gasteiger partial charge < -0.3 is 5.11 Å². The van der Waals surface area contributed by atoms with Gasteiger partial charge in [-0.2, -0.15) is 0 Å². The third kappa shape index (κ3) is 1.15. The zero-order valence-electron chi connectivity index (χ0n) is 8.20. The van der Waals surface area contributed by atoms with E-state index in [2.05, 4.69) is 15.9 Å². The van der Waals surface area contributed by atoms with E-state index < -0.39 is 0 Å². The summed E-state index contributed by atoms with van der Waals surface area (Å²) in [5.74, 6) is 0.0771. The van der Waals surface area contributed by atoms with Crippen LogP contribution in [0.25, 0.3) is 11.1 Å². The quantitative estimate of drug-likeness (QED) is 0.683. The molecular formula is C13H7BrO2. The summed E-state index contributed by atoms with van der Waals surface area (Å²) in [7, 11) is 0. The van der Waals surface area contributed by atoms with Crippen molar-refractivity contribution in [3.8, 4) is 16.9 Å². The lowest BCUT2D eigenvalue weighted by Gasteiger charge is -2.02. The highest BCUT2D eigenvalue weighted by Crippen LogP contribution is 2.40. The average molecular weight is 275 g/mol. The van der Waals surface area contributed by atoms with Crippen molar-refractivity contribution < 1.29 is 9.90 Å². The molecule has 1 aliphatic carbocycles. The monoisotopic (exact) mass is 274 g/mol. The molecule has 0 aliphatic heterocycles. The van der Waals surface area contributed by atoms with Gasteiger partial charge >= 0.3 is 0 Å². The van der Waals surface area contributed by atoms with Gasteiger partial charge in [-0.05, 0) is 39.2 Å². The van der Waals surface area contributed by atoms with Gasteiger partial charge in [0.05, 0.1) is 4.47 Å². The van der Waals surface area contributed by atoms with Gasteiger partial charge in [-0.15, -0.1) is 0 Å². The molecule has 2 nitrogen and oxygen atoms in total. The minimum absolute atomic E-state index is 0.0200. The fourth-order valence-corrected chi connectivity index (χ4v) is 2.38. The maximum atomic E-state index is 12.0. The predicted octanol–water partition coefficient (Wildman–Crippen LogP) is 3.37. The third-order valence-electron chi connectivity index (χ3n) is 2.79. The minimum atomic E-state index is -0.0200. The van der Waals surface area contributed by atoms with Crippen molar-refractivity contribution in [1.82, 2.24) is 0 Å². The van der Waals surface area contributed by atoms with Gasteiger partial charge in [0.2, 0.25) is 0 Å². The molecule has 78 valence electrons. The van der Waals surface area contributed by atoms with Crippen molar-refractivity contribution >= 4 is 21.7 Å². The summed E-state index contributed by atoms with van der Waals surface area (Å²) in [5, 5.41) is 9.58. The van der Waals surface area contributed by atoms with Crippen LogP contribution >= 0.6 is 15.9 Å². The number of hydrogen-bond acceptors (Lipinski definition) is 2. The molecule has 2 aromatic rings. The number of hydrogen-bond donors (Lipinski definition) is 1. The molecule has 3 rings (SSSR count). The molecule has 0 atom stereocenters. The SMILES string of the molecule is O=C1c2ccccc2-c2cc(Br)c(O)cc21. The van der Waals surface area contributed by atoms with E-state index in [9.17, 15) is 9.90 Å². The van der Waals surface area contributed by atoms with Gasteiger partial charge in [0, 0.05) is 11.1 Å². The van der Waals surface area contributed by atoms with E-state index in [1.807, 2.05) is 24.3 Å². The molecule has 0 saturated carbocycles. The van der Waals surface area contributed by atoms with Crippen LogP contribution in [-0.2, 0) is 0 Å². The molecule has 0 bridgehead atoms. The zero-order valence-corrected chi connectivity index (χ0v) is 9.78. The molecule has 0 fully saturated rings. The van der Waals surface area contributed by atoms with E-state index in [0.29, 0.717) is 15.6 Å². The molecule has 16 heavy (non-hydrogen) atoms. The number of carbonyl (C=O) groups is 1. The summed E-state index contributed by atoms with van der Waals surface area (Å²) in [4.78, 5) is 12.0. The molecule has 1 aliphatic rings. The minimum Gasteiger partial charge on any atom is -0.507 e. The number of fused-ring (bicyclic) bond motifs is 3. The van der Waals surface area contributed by atoms with Crippen molar-refractivity contribution in [3.63, 3.8) is 0 Å². The second-order valence-corrected chi connectivity index (χ2v) is 4.58. The van der Waals surface area contributed by atoms with Gasteiger partial charge in [0.15, 0.2) is 5.78 Å². The number of aromatic hydroxyl groups is 1. The average Bonchev–Trinajstić information content (AvgIpc) is 2.55. The first-order chi connectivity index (χ1) is 7.68. The van der Waals surface area contributed by atoms with E-state index in [1.54, 1.807) is 6.07 Å². The largest absolute Gasteiger partial charge is 0.507 e. The maximum Gasteiger partial charge on any atom is 0.194 e. The van der Waals surface area contributed by atoms with Crippen LogP contribution in [0.5, 0.6) is 5.75 Å². The van der Waals surface area contributed by atoms with Crippen LogP contribution in [0.1, 0.15) is 15.9 Å². The third-order valence-corrected chi connectivity index (χ3v) is 3.43. The Morgan fingerprint density at radius 3 is 2.38 bits per heavy atom. The van der Waals surface area contributed by atoms with Crippen LogP contribution < -0.4 is 0 Å². The van der Waals surface area contributed by atoms with Crippen LogP contribution in [0, 0.1) is 0 Å². The topological polar surface area (TPSA) is 37.3 Å². The highest BCUT2D eigenvalue weighted by Gasteiger charge is 2.27. The maximum absolute atomic E-state index is 12.0. The Labute approximate surface area is 101 Å². The van der Waals surface area contributed by atoms with Crippen molar-refractivity contribution in [2.75, 3.05) is 0 Å². The Morgan fingerprint density at radius 1 is 0.938 bits per heavy atom. The second kappa shape index (κ2) is 3.19. The van der Waals surface area contributed by atoms with Crippen molar-refractivity contribution in [1.29, 1.82) is 0 Å². The number of rotatable bonds is 0. The van der Waals surface area contributed by atoms with Crippen molar-refractivity contribution in [2.45, 2.75) is 0 Å². The number of carbonyl (C=O) groups excluding carboxylic acids is 1. The summed E-state index contributed by atoms with van der Waals surface area (Å²) >= 11 is 3.26. The highest BCUT2D eigenvalue weighted by atomic mass is 79.9. The Bertz CT molecular complexity index is 617. The van der Waals surface area contributed by atoms with E-state index in [1.165, 1.54) is 6.07 Å². The molecule has 0 heterocycles. The van der Waals surface area contributed by atoms with E-state index >= 15 is 0 Å². The van der Waals surface area contributed by atoms with Crippen LogP contribution in [0.4, 0.5) is 0 Å². The molecule has 1 N–H and O–H groups in total. The molecule has 0 radical (unpaired) electrons. The fourth-order valence-electron chi connectivity index (χ4n) is 2.03. The fraction of sp³-hybridized carbons (Fsp3) is 0. The standard InChI is InChI=1S/C13H7BrO2/c14-11-5-9-7-3-1-2-4-8(7)13(16)10(9)6-12(11)15/h1-6,15H. The molecular weight excluding hydrogens is 268 g/mol. The number of halogens is 1. The van der Waals surface area contributed by atoms with E-state index in [-0.39, 0.29) is 11.5 Å². The number of phenols is 1. The molecule has 0 aromatic heterocycles. The molecule has 0 spiro atoms. The van der Waals surface area contributed by atoms with Gasteiger partial charge in [-0.25, -0.2) is 0 Å². The number of ketones is 1. The molecule has 3 heteroatoms. The van der Waals surface area contributed by atoms with E-state index in [4.69, 9.17) is 0 Å². The molecule has 0 saturated heterocycles. The lowest BCUT2D eigenvalue weighted by atomic mass is 10.1. The van der Waals surface area contributed by atoms with Gasteiger partial charge in [-0.3, -0.25) is 4.79 Å². The van der Waals surface area contributed by atoms with Crippen LogP contribution in [-0.4, -0.2) is 10.9 Å². The number of benzene rings is 2. The van der Waals surface area contributed by atoms with E-state index in [0.717, 1.165) is 11.1 Å². The van der Waals surface area contributed by atoms with Crippen LogP contribution in [0.15, 0.2) is 40.9 Å². The lowest BCUT2D eigenvalue weighted by molar-refractivity contribution is 0.104. The second-order valence-electron chi connectivity index (χ2n) is 3.72. The van der Waals surface area contributed by atoms with Gasteiger partial charge in [0.1, 0.15) is 5.75 Å². The lowest BCUT2D eigenvalue weighted by Crippen LogP contribution is -1.94. The van der Waals surface area contributed by atoms with Crippen molar-refractivity contribution in [3.05, 3.63) is 52.0 Å². The predicted molar refractivity (Wildman–Crippen MR) is 64.7 cm³/mol. The Kier molecular flexibility index (Phi) is 1.91. The Hall–Kier alpha value is -1.61. The number of phenolic OH excluding ortho intramolecular Hbond substituents is 1. The summed E-state index contributed by atoms with van der Waals surface area (Å²) in [6.07, 6.45) is 0.